The molecule has 0 spiro atoms. The highest BCUT2D eigenvalue weighted by molar-refractivity contribution is 5.85. The molecule has 0 fully saturated rings. The standard InChI is InChI=1S/C21H16F2N4O2.ClH/c1-13-10-16(5-2-15(13)12-28)26-19-20-25-11-18(27(20)9-8-24-19)14-3-6-17(7-4-14)29-21(22)23;/h2-12,21H,1H3,(H,24,26);1H. The molecule has 2 aromatic carbocycles. The lowest BCUT2D eigenvalue weighted by Crippen LogP contribution is -2.01. The Kier molecular flexibility index (Phi) is 6.27. The van der Waals surface area contributed by atoms with Crippen LogP contribution in [0.4, 0.5) is 20.3 Å². The van der Waals surface area contributed by atoms with Gasteiger partial charge in [0.05, 0.1) is 11.9 Å². The van der Waals surface area contributed by atoms with E-state index in [-0.39, 0.29) is 18.2 Å². The van der Waals surface area contributed by atoms with Crippen LogP contribution in [-0.2, 0) is 0 Å². The minimum atomic E-state index is -2.86. The Hall–Kier alpha value is -3.52. The Labute approximate surface area is 177 Å². The SMILES string of the molecule is Cc1cc(Nc2nccn3c(-c4ccc(OC(F)F)cc4)cnc23)ccc1C=O.Cl. The second-order valence-electron chi connectivity index (χ2n) is 6.33. The van der Waals surface area contributed by atoms with Gasteiger partial charge in [0.2, 0.25) is 0 Å². The highest BCUT2D eigenvalue weighted by atomic mass is 35.5. The Morgan fingerprint density at radius 3 is 2.57 bits per heavy atom. The fourth-order valence-corrected chi connectivity index (χ4v) is 3.05. The van der Waals surface area contributed by atoms with E-state index in [1.165, 1.54) is 12.1 Å². The molecule has 0 aliphatic rings. The molecule has 0 atom stereocenters. The minimum absolute atomic E-state index is 0. The van der Waals surface area contributed by atoms with Crippen molar-refractivity contribution in [3.05, 3.63) is 72.2 Å². The fourth-order valence-electron chi connectivity index (χ4n) is 3.05. The largest absolute Gasteiger partial charge is 0.435 e. The number of carbonyl (C=O) groups excluding carboxylic acids is 1. The van der Waals surface area contributed by atoms with Crippen LogP contribution in [0.2, 0.25) is 0 Å². The first-order valence-corrected chi connectivity index (χ1v) is 8.75. The second-order valence-corrected chi connectivity index (χ2v) is 6.33. The monoisotopic (exact) mass is 430 g/mol. The molecular formula is C21H17ClF2N4O2. The average Bonchev–Trinajstić information content (AvgIpc) is 3.13. The molecule has 4 aromatic rings. The number of carbonyl (C=O) groups is 1. The Morgan fingerprint density at radius 1 is 1.13 bits per heavy atom. The van der Waals surface area contributed by atoms with Gasteiger partial charge in [0.25, 0.3) is 0 Å². The lowest BCUT2D eigenvalue weighted by molar-refractivity contribution is -0.0498. The zero-order valence-electron chi connectivity index (χ0n) is 15.8. The summed E-state index contributed by atoms with van der Waals surface area (Å²) in [6.07, 6.45) is 5.91. The van der Waals surface area contributed by atoms with E-state index in [9.17, 15) is 13.6 Å². The van der Waals surface area contributed by atoms with E-state index in [0.717, 1.165) is 28.8 Å². The predicted octanol–water partition coefficient (Wildman–Crippen LogP) is 5.28. The van der Waals surface area contributed by atoms with Crippen LogP contribution in [0.3, 0.4) is 0 Å². The average molecular weight is 431 g/mol. The molecule has 0 bridgehead atoms. The molecule has 0 saturated carbocycles. The first-order chi connectivity index (χ1) is 14.0. The van der Waals surface area contributed by atoms with E-state index in [4.69, 9.17) is 0 Å². The van der Waals surface area contributed by atoms with Crippen molar-refractivity contribution in [3.63, 3.8) is 0 Å². The summed E-state index contributed by atoms with van der Waals surface area (Å²) in [6.45, 7) is -1.00. The number of nitrogens with one attached hydrogen (secondary N) is 1. The minimum Gasteiger partial charge on any atom is -0.435 e. The van der Waals surface area contributed by atoms with Crippen molar-refractivity contribution in [2.45, 2.75) is 13.5 Å². The first-order valence-electron chi connectivity index (χ1n) is 8.75. The van der Waals surface area contributed by atoms with Crippen molar-refractivity contribution in [1.29, 1.82) is 0 Å². The van der Waals surface area contributed by atoms with Gasteiger partial charge in [-0.3, -0.25) is 9.20 Å². The lowest BCUT2D eigenvalue weighted by atomic mass is 10.1. The van der Waals surface area contributed by atoms with E-state index in [0.29, 0.717) is 17.0 Å². The molecule has 0 unspecified atom stereocenters. The highest BCUT2D eigenvalue weighted by Crippen LogP contribution is 2.27. The van der Waals surface area contributed by atoms with Crippen molar-refractivity contribution in [2.24, 2.45) is 0 Å². The number of aromatic nitrogens is 3. The summed E-state index contributed by atoms with van der Waals surface area (Å²) in [6, 6.07) is 11.8. The number of benzene rings is 2. The maximum atomic E-state index is 12.3. The maximum Gasteiger partial charge on any atom is 0.387 e. The second kappa shape index (κ2) is 8.87. The van der Waals surface area contributed by atoms with Crippen LogP contribution in [0.15, 0.2) is 61.1 Å². The van der Waals surface area contributed by atoms with Gasteiger partial charge >= 0.3 is 6.61 Å². The van der Waals surface area contributed by atoms with Gasteiger partial charge in [0.15, 0.2) is 11.5 Å². The zero-order valence-corrected chi connectivity index (χ0v) is 16.6. The van der Waals surface area contributed by atoms with Gasteiger partial charge in [-0.25, -0.2) is 9.97 Å². The van der Waals surface area contributed by atoms with Crippen molar-refractivity contribution in [2.75, 3.05) is 5.32 Å². The quantitative estimate of drug-likeness (QED) is 0.421. The molecule has 6 nitrogen and oxygen atoms in total. The molecule has 9 heteroatoms. The molecule has 30 heavy (non-hydrogen) atoms. The summed E-state index contributed by atoms with van der Waals surface area (Å²) in [5.41, 5.74) is 4.44. The number of ether oxygens (including phenoxy) is 1. The van der Waals surface area contributed by atoms with E-state index < -0.39 is 6.61 Å². The van der Waals surface area contributed by atoms with Crippen molar-refractivity contribution in [3.8, 4) is 17.0 Å². The van der Waals surface area contributed by atoms with Crippen LogP contribution >= 0.6 is 12.4 Å². The van der Waals surface area contributed by atoms with Gasteiger partial charge in [-0.2, -0.15) is 8.78 Å². The van der Waals surface area contributed by atoms with E-state index >= 15 is 0 Å². The Morgan fingerprint density at radius 2 is 1.90 bits per heavy atom. The summed E-state index contributed by atoms with van der Waals surface area (Å²) in [5.74, 6) is 0.644. The molecule has 0 aliphatic carbocycles. The number of halogens is 3. The molecular weight excluding hydrogens is 414 g/mol. The molecule has 0 amide bonds. The number of rotatable bonds is 6. The number of alkyl halides is 2. The Balaban J connectivity index is 0.00000256. The summed E-state index contributed by atoms with van der Waals surface area (Å²) in [4.78, 5) is 19.8. The topological polar surface area (TPSA) is 68.5 Å². The molecule has 2 heterocycles. The number of aldehydes is 1. The number of aryl methyl sites for hydroxylation is 1. The number of imidazole rings is 1. The summed E-state index contributed by atoms with van der Waals surface area (Å²) in [7, 11) is 0. The molecule has 4 rings (SSSR count). The van der Waals surface area contributed by atoms with Crippen LogP contribution < -0.4 is 10.1 Å². The smallest absolute Gasteiger partial charge is 0.387 e. The third kappa shape index (κ3) is 4.23. The number of anilines is 2. The molecule has 0 aliphatic heterocycles. The maximum absolute atomic E-state index is 12.3. The number of hydrogen-bond acceptors (Lipinski definition) is 5. The van der Waals surface area contributed by atoms with Gasteiger partial charge in [-0.05, 0) is 55.0 Å². The van der Waals surface area contributed by atoms with Crippen LogP contribution in [0.25, 0.3) is 16.9 Å². The van der Waals surface area contributed by atoms with Crippen LogP contribution in [0.5, 0.6) is 5.75 Å². The highest BCUT2D eigenvalue weighted by Gasteiger charge is 2.12. The van der Waals surface area contributed by atoms with Crippen LogP contribution in [0.1, 0.15) is 15.9 Å². The van der Waals surface area contributed by atoms with Crippen molar-refractivity contribution < 1.29 is 18.3 Å². The lowest BCUT2D eigenvalue weighted by Gasteiger charge is -2.09. The third-order valence-corrected chi connectivity index (χ3v) is 4.46. The summed E-state index contributed by atoms with van der Waals surface area (Å²) >= 11 is 0. The summed E-state index contributed by atoms with van der Waals surface area (Å²) in [5, 5.41) is 3.22. The van der Waals surface area contributed by atoms with E-state index in [1.807, 2.05) is 17.4 Å². The van der Waals surface area contributed by atoms with Crippen LogP contribution in [-0.4, -0.2) is 27.3 Å². The van der Waals surface area contributed by atoms with Gasteiger partial charge in [0, 0.05) is 29.2 Å². The molecule has 2 aromatic heterocycles. The number of fused-ring (bicyclic) bond motifs is 1. The van der Waals surface area contributed by atoms with Gasteiger partial charge < -0.3 is 10.1 Å². The van der Waals surface area contributed by atoms with Crippen molar-refractivity contribution >= 4 is 35.8 Å². The summed E-state index contributed by atoms with van der Waals surface area (Å²) < 4.78 is 30.9. The predicted molar refractivity (Wildman–Crippen MR) is 112 cm³/mol. The van der Waals surface area contributed by atoms with Gasteiger partial charge in [0.1, 0.15) is 12.0 Å². The Bertz CT molecular complexity index is 1180. The fraction of sp³-hybridized carbons (Fsp3) is 0.0952. The first kappa shape index (κ1) is 21.2. The molecule has 154 valence electrons. The number of nitrogens with zero attached hydrogens (tertiary/aromatic N) is 3. The normalized spacial score (nSPS) is 10.7. The zero-order chi connectivity index (χ0) is 20.4. The van der Waals surface area contributed by atoms with Gasteiger partial charge in [-0.1, -0.05) is 0 Å². The van der Waals surface area contributed by atoms with Gasteiger partial charge in [-0.15, -0.1) is 12.4 Å². The molecule has 0 saturated heterocycles. The van der Waals surface area contributed by atoms with Crippen molar-refractivity contribution in [1.82, 2.24) is 14.4 Å². The van der Waals surface area contributed by atoms with E-state index in [1.54, 1.807) is 42.9 Å². The molecule has 0 radical (unpaired) electrons. The third-order valence-electron chi connectivity index (χ3n) is 4.46. The molecule has 1 N–H and O–H groups in total. The van der Waals surface area contributed by atoms with E-state index in [2.05, 4.69) is 20.0 Å². The van der Waals surface area contributed by atoms with Crippen LogP contribution in [0, 0.1) is 6.92 Å². The number of hydrogen-bond donors (Lipinski definition) is 1.